The van der Waals surface area contributed by atoms with Gasteiger partial charge in [0.05, 0.1) is 6.61 Å². The number of ether oxygens (including phenoxy) is 2. The molecule has 0 spiro atoms. The van der Waals surface area contributed by atoms with Crippen molar-refractivity contribution < 1.29 is 14.3 Å². The number of nitrogens with zero attached hydrogens (tertiary/aromatic N) is 2. The minimum atomic E-state index is 0.0620. The van der Waals surface area contributed by atoms with Gasteiger partial charge in [0.2, 0.25) is 0 Å². The molecular weight excluding hydrogens is 400 g/mol. The number of carbonyl (C=O) groups excluding carboxylic acids is 1. The van der Waals surface area contributed by atoms with E-state index in [1.165, 1.54) is 12.8 Å². The number of unbranched alkanes of at least 4 members (excludes halogenated alkanes) is 1. The van der Waals surface area contributed by atoms with Gasteiger partial charge in [-0.3, -0.25) is 4.79 Å². The summed E-state index contributed by atoms with van der Waals surface area (Å²) in [5.74, 6) is 1.83. The molecule has 3 atom stereocenters. The largest absolute Gasteiger partial charge is 0.494 e. The molecule has 170 valence electrons. The molecule has 0 aromatic heterocycles. The molecule has 0 radical (unpaired) electrons. The Morgan fingerprint density at radius 1 is 1.00 bits per heavy atom. The van der Waals surface area contributed by atoms with Crippen molar-refractivity contribution in [2.45, 2.75) is 70.1 Å². The van der Waals surface area contributed by atoms with Gasteiger partial charge in [0.25, 0.3) is 5.91 Å². The van der Waals surface area contributed by atoms with Crippen LogP contribution in [0.25, 0.3) is 0 Å². The van der Waals surface area contributed by atoms with Crippen LogP contribution in [0.4, 0.5) is 5.69 Å². The van der Waals surface area contributed by atoms with Crippen LogP contribution in [0.1, 0.15) is 61.4 Å². The van der Waals surface area contributed by atoms with Gasteiger partial charge < -0.3 is 19.3 Å². The monoisotopic (exact) mass is 434 g/mol. The van der Waals surface area contributed by atoms with Crippen molar-refractivity contribution in [3.63, 3.8) is 0 Å². The second kappa shape index (κ2) is 9.14. The predicted octanol–water partition coefficient (Wildman–Crippen LogP) is 5.07. The molecule has 2 aromatic carbocycles. The van der Waals surface area contributed by atoms with Gasteiger partial charge in [-0.25, -0.2) is 0 Å². The zero-order valence-electron chi connectivity index (χ0n) is 19.3. The van der Waals surface area contributed by atoms with Gasteiger partial charge >= 0.3 is 0 Å². The maximum atomic E-state index is 13.1. The van der Waals surface area contributed by atoms with Gasteiger partial charge in [0.1, 0.15) is 17.6 Å². The van der Waals surface area contributed by atoms with Crippen LogP contribution in [0.15, 0.2) is 42.5 Å². The molecule has 3 aliphatic rings. The van der Waals surface area contributed by atoms with E-state index in [-0.39, 0.29) is 5.91 Å². The van der Waals surface area contributed by atoms with E-state index in [9.17, 15) is 4.79 Å². The van der Waals surface area contributed by atoms with Gasteiger partial charge in [-0.15, -0.1) is 0 Å². The quantitative estimate of drug-likeness (QED) is 0.571. The molecule has 0 N–H and O–H groups in total. The van der Waals surface area contributed by atoms with Gasteiger partial charge in [-0.2, -0.15) is 0 Å². The van der Waals surface area contributed by atoms with Crippen molar-refractivity contribution in [2.75, 3.05) is 25.1 Å². The Labute approximate surface area is 191 Å². The summed E-state index contributed by atoms with van der Waals surface area (Å²) in [6.07, 6.45) is 8.11. The minimum absolute atomic E-state index is 0.0620. The van der Waals surface area contributed by atoms with Crippen molar-refractivity contribution in [2.24, 2.45) is 0 Å². The van der Waals surface area contributed by atoms with Crippen LogP contribution < -0.4 is 14.4 Å². The number of benzene rings is 2. The fraction of sp³-hybridized carbons (Fsp3) is 0.519. The number of fused-ring (bicyclic) bond motifs is 3. The van der Waals surface area contributed by atoms with Gasteiger partial charge in [-0.05, 0) is 93.6 Å². The van der Waals surface area contributed by atoms with Gasteiger partial charge in [-0.1, -0.05) is 13.3 Å². The number of carbonyl (C=O) groups is 1. The van der Waals surface area contributed by atoms with Crippen molar-refractivity contribution in [3.8, 4) is 11.5 Å². The summed E-state index contributed by atoms with van der Waals surface area (Å²) in [5, 5.41) is 0. The lowest BCUT2D eigenvalue weighted by molar-refractivity contribution is 0.0661. The van der Waals surface area contributed by atoms with E-state index in [1.54, 1.807) is 0 Å². The maximum absolute atomic E-state index is 13.1. The Balaban J connectivity index is 1.23. The second-order valence-electron chi connectivity index (χ2n) is 9.48. The minimum Gasteiger partial charge on any atom is -0.494 e. The summed E-state index contributed by atoms with van der Waals surface area (Å²) in [7, 11) is 2.25. The highest BCUT2D eigenvalue weighted by Crippen LogP contribution is 2.36. The van der Waals surface area contributed by atoms with Crippen LogP contribution in [0, 0.1) is 0 Å². The number of rotatable bonds is 7. The van der Waals surface area contributed by atoms with Crippen molar-refractivity contribution >= 4 is 11.6 Å². The molecule has 5 nitrogen and oxygen atoms in total. The Bertz CT molecular complexity index is 944. The zero-order valence-corrected chi connectivity index (χ0v) is 19.3. The molecule has 5 heteroatoms. The van der Waals surface area contributed by atoms with Crippen LogP contribution in [0.2, 0.25) is 0 Å². The predicted molar refractivity (Wildman–Crippen MR) is 127 cm³/mol. The summed E-state index contributed by atoms with van der Waals surface area (Å²) in [6.45, 7) is 3.56. The van der Waals surface area contributed by atoms with E-state index in [0.29, 0.717) is 24.7 Å². The molecule has 0 aliphatic carbocycles. The molecule has 0 saturated carbocycles. The molecule has 2 saturated heterocycles. The number of hydrogen-bond acceptors (Lipinski definition) is 4. The third kappa shape index (κ3) is 4.23. The van der Waals surface area contributed by atoms with Gasteiger partial charge in [0, 0.05) is 29.9 Å². The van der Waals surface area contributed by atoms with Crippen LogP contribution in [0.5, 0.6) is 11.5 Å². The van der Waals surface area contributed by atoms with E-state index in [1.807, 2.05) is 47.4 Å². The number of piperidine rings is 1. The summed E-state index contributed by atoms with van der Waals surface area (Å²) in [4.78, 5) is 17.6. The summed E-state index contributed by atoms with van der Waals surface area (Å²) >= 11 is 0. The zero-order chi connectivity index (χ0) is 22.1. The van der Waals surface area contributed by atoms with Crippen molar-refractivity contribution in [1.29, 1.82) is 0 Å². The Hall–Kier alpha value is -2.53. The molecule has 3 heterocycles. The van der Waals surface area contributed by atoms with E-state index in [4.69, 9.17) is 9.47 Å². The lowest BCUT2D eigenvalue weighted by Crippen LogP contribution is -2.43. The molecule has 1 unspecified atom stereocenters. The van der Waals surface area contributed by atoms with Crippen LogP contribution in [-0.4, -0.2) is 49.2 Å². The first-order valence-corrected chi connectivity index (χ1v) is 12.2. The lowest BCUT2D eigenvalue weighted by atomic mass is 9.98. The fourth-order valence-electron chi connectivity index (χ4n) is 5.49. The highest BCUT2D eigenvalue weighted by molar-refractivity contribution is 6.08. The second-order valence-corrected chi connectivity index (χ2v) is 9.48. The molecule has 32 heavy (non-hydrogen) atoms. The van der Waals surface area contributed by atoms with Gasteiger partial charge in [0.15, 0.2) is 0 Å². The summed E-state index contributed by atoms with van der Waals surface area (Å²) < 4.78 is 12.1. The summed E-state index contributed by atoms with van der Waals surface area (Å²) in [5.41, 5.74) is 2.79. The Kier molecular flexibility index (Phi) is 6.09. The molecule has 5 rings (SSSR count). The van der Waals surface area contributed by atoms with E-state index in [2.05, 4.69) is 18.9 Å². The Morgan fingerprint density at radius 3 is 2.44 bits per heavy atom. The van der Waals surface area contributed by atoms with E-state index >= 15 is 0 Å². The molecule has 3 aliphatic heterocycles. The molecule has 2 aromatic rings. The fourth-order valence-corrected chi connectivity index (χ4v) is 5.49. The van der Waals surface area contributed by atoms with E-state index in [0.717, 1.165) is 67.0 Å². The molecule has 2 bridgehead atoms. The lowest BCUT2D eigenvalue weighted by Gasteiger charge is -2.36. The normalized spacial score (nSPS) is 25.0. The first kappa shape index (κ1) is 21.3. The van der Waals surface area contributed by atoms with Crippen molar-refractivity contribution in [3.05, 3.63) is 53.6 Å². The number of amides is 1. The number of anilines is 1. The highest BCUT2D eigenvalue weighted by atomic mass is 16.5. The molecular formula is C27H34N2O3. The third-order valence-corrected chi connectivity index (χ3v) is 7.43. The Morgan fingerprint density at radius 2 is 1.72 bits per heavy atom. The third-order valence-electron chi connectivity index (χ3n) is 7.43. The average molecular weight is 435 g/mol. The SMILES string of the molecule is CCCCOc1ccc2c(c1)CCN(c1ccc(OC3C[C@H]4CC[C@@H](C3)N4C)cc1)C2=O. The van der Waals surface area contributed by atoms with E-state index < -0.39 is 0 Å². The number of hydrogen-bond donors (Lipinski definition) is 0. The highest BCUT2D eigenvalue weighted by Gasteiger charge is 2.39. The molecule has 2 fully saturated rings. The first-order chi connectivity index (χ1) is 15.6. The molecule has 1 amide bonds. The summed E-state index contributed by atoms with van der Waals surface area (Å²) in [6, 6.07) is 15.3. The maximum Gasteiger partial charge on any atom is 0.258 e. The standard InChI is InChI=1S/C27H34N2O3/c1-3-4-15-31-24-11-12-26-19(16-24)13-14-29(27(26)30)20-7-9-23(10-8-20)32-25-17-21-5-6-22(18-25)28(21)2/h7-12,16,21-22,25H,3-6,13-15,17-18H2,1-2H3/t21-,22+,25?. The first-order valence-electron chi connectivity index (χ1n) is 12.2. The topological polar surface area (TPSA) is 42.0 Å². The van der Waals surface area contributed by atoms with Crippen LogP contribution in [-0.2, 0) is 6.42 Å². The average Bonchev–Trinajstić information content (AvgIpc) is 3.01. The smallest absolute Gasteiger partial charge is 0.258 e. The van der Waals surface area contributed by atoms with Crippen molar-refractivity contribution in [1.82, 2.24) is 4.90 Å². The van der Waals surface area contributed by atoms with Crippen LogP contribution >= 0.6 is 0 Å². The van der Waals surface area contributed by atoms with Crippen LogP contribution in [0.3, 0.4) is 0 Å².